The number of rotatable bonds is 14. The number of nitrogens with zero attached hydrogens (tertiary/aromatic N) is 2. The van der Waals surface area contributed by atoms with Crippen LogP contribution >= 0.6 is 27.5 Å². The summed E-state index contributed by atoms with van der Waals surface area (Å²) in [5, 5.41) is 3.40. The molecule has 2 amide bonds. The van der Waals surface area contributed by atoms with Gasteiger partial charge in [0.25, 0.3) is 10.0 Å². The largest absolute Gasteiger partial charge is 0.354 e. The van der Waals surface area contributed by atoms with Gasteiger partial charge in [-0.3, -0.25) is 13.9 Å². The van der Waals surface area contributed by atoms with Crippen molar-refractivity contribution in [3.63, 3.8) is 0 Å². The van der Waals surface area contributed by atoms with Crippen LogP contribution in [-0.2, 0) is 32.6 Å². The summed E-state index contributed by atoms with van der Waals surface area (Å²) in [5.41, 5.74) is 2.94. The smallest absolute Gasteiger partial charge is 0.264 e. The lowest BCUT2D eigenvalue weighted by molar-refractivity contribution is -0.140. The summed E-state index contributed by atoms with van der Waals surface area (Å²) in [6, 6.07) is 28.9. The van der Waals surface area contributed by atoms with Gasteiger partial charge in [0, 0.05) is 29.0 Å². The minimum absolute atomic E-state index is 0.00282. The number of sulfonamides is 1. The lowest BCUT2D eigenvalue weighted by atomic mass is 10.0. The summed E-state index contributed by atoms with van der Waals surface area (Å²) < 4.78 is 30.1. The zero-order valence-electron chi connectivity index (χ0n) is 25.3. The summed E-state index contributed by atoms with van der Waals surface area (Å²) in [7, 11) is -4.20. The molecule has 0 aliphatic carbocycles. The Kier molecular flexibility index (Phi) is 12.2. The highest BCUT2D eigenvalue weighted by molar-refractivity contribution is 9.10. The third kappa shape index (κ3) is 9.42. The van der Waals surface area contributed by atoms with Gasteiger partial charge in [-0.2, -0.15) is 0 Å². The number of amides is 2. The third-order valence-electron chi connectivity index (χ3n) is 7.35. The molecule has 0 unspecified atom stereocenters. The molecule has 0 aliphatic heterocycles. The number of carbonyl (C=O) groups is 2. The van der Waals surface area contributed by atoms with E-state index in [0.717, 1.165) is 38.3 Å². The Morgan fingerprint density at radius 3 is 2.20 bits per heavy atom. The van der Waals surface area contributed by atoms with Gasteiger partial charge >= 0.3 is 0 Å². The highest BCUT2D eigenvalue weighted by Gasteiger charge is 2.34. The van der Waals surface area contributed by atoms with Crippen LogP contribution in [-0.4, -0.2) is 44.3 Å². The number of unbranched alkanes of at least 4 members (excludes halogenated alkanes) is 1. The van der Waals surface area contributed by atoms with Gasteiger partial charge in [0.05, 0.1) is 10.6 Å². The second-order valence-electron chi connectivity index (χ2n) is 10.8. The molecule has 0 heterocycles. The van der Waals surface area contributed by atoms with Gasteiger partial charge in [0.1, 0.15) is 12.6 Å². The highest BCUT2D eigenvalue weighted by Crippen LogP contribution is 2.26. The summed E-state index contributed by atoms with van der Waals surface area (Å²) in [5.74, 6) is -0.808. The van der Waals surface area contributed by atoms with Crippen LogP contribution in [0.1, 0.15) is 36.5 Å². The molecule has 0 saturated heterocycles. The number of halogens is 2. The molecule has 236 valence electrons. The van der Waals surface area contributed by atoms with E-state index in [4.69, 9.17) is 11.6 Å². The molecule has 10 heteroatoms. The maximum Gasteiger partial charge on any atom is 0.264 e. The monoisotopic (exact) mass is 709 g/mol. The zero-order chi connectivity index (χ0) is 32.4. The van der Waals surface area contributed by atoms with E-state index in [2.05, 4.69) is 21.2 Å². The van der Waals surface area contributed by atoms with Crippen LogP contribution in [0.4, 0.5) is 5.69 Å². The van der Waals surface area contributed by atoms with Gasteiger partial charge in [-0.15, -0.1) is 0 Å². The number of hydrogen-bond acceptors (Lipinski definition) is 4. The van der Waals surface area contributed by atoms with Gasteiger partial charge < -0.3 is 10.2 Å². The molecule has 1 N–H and O–H groups in total. The number of hydrogen-bond donors (Lipinski definition) is 1. The van der Waals surface area contributed by atoms with E-state index in [1.54, 1.807) is 24.3 Å². The number of carbonyl (C=O) groups excluding carboxylic acids is 2. The number of aryl methyl sites for hydroxylation is 1. The van der Waals surface area contributed by atoms with Gasteiger partial charge in [0.2, 0.25) is 11.8 Å². The highest BCUT2D eigenvalue weighted by atomic mass is 79.9. The topological polar surface area (TPSA) is 86.8 Å². The minimum Gasteiger partial charge on any atom is -0.354 e. The Bertz CT molecular complexity index is 1680. The van der Waals surface area contributed by atoms with Crippen molar-refractivity contribution < 1.29 is 18.0 Å². The molecule has 0 fully saturated rings. The lowest BCUT2D eigenvalue weighted by Crippen LogP contribution is -2.53. The Morgan fingerprint density at radius 1 is 0.889 bits per heavy atom. The van der Waals surface area contributed by atoms with Crippen molar-refractivity contribution in [3.8, 4) is 0 Å². The zero-order valence-corrected chi connectivity index (χ0v) is 28.5. The van der Waals surface area contributed by atoms with E-state index in [1.165, 1.54) is 29.2 Å². The van der Waals surface area contributed by atoms with Crippen molar-refractivity contribution >= 4 is 55.1 Å². The fourth-order valence-corrected chi connectivity index (χ4v) is 6.85. The van der Waals surface area contributed by atoms with Gasteiger partial charge in [-0.05, 0) is 73.0 Å². The van der Waals surface area contributed by atoms with E-state index in [9.17, 15) is 18.0 Å². The van der Waals surface area contributed by atoms with Crippen molar-refractivity contribution in [1.82, 2.24) is 10.2 Å². The molecule has 4 aromatic rings. The standard InChI is InChI=1S/C35H37BrClN3O4S/c1-3-4-21-38-35(42)33(23-27-9-6-5-7-10-27)39(24-28-11-8-12-29(36)22-28)34(41)25-40(31-17-13-26(2)14-18-31)45(43,44)32-19-15-30(37)16-20-32/h5-20,22,33H,3-4,21,23-25H2,1-2H3,(H,38,42)/t33-/m0/s1. The van der Waals surface area contributed by atoms with Crippen LogP contribution in [0.15, 0.2) is 112 Å². The van der Waals surface area contributed by atoms with Crippen molar-refractivity contribution in [2.45, 2.75) is 50.6 Å². The summed E-state index contributed by atoms with van der Waals surface area (Å²) >= 11 is 9.56. The summed E-state index contributed by atoms with van der Waals surface area (Å²) in [6.07, 6.45) is 1.95. The predicted octanol–water partition coefficient (Wildman–Crippen LogP) is 7.16. The van der Waals surface area contributed by atoms with Crippen LogP contribution in [0.3, 0.4) is 0 Å². The molecular formula is C35H37BrClN3O4S. The van der Waals surface area contributed by atoms with E-state index in [-0.39, 0.29) is 23.8 Å². The van der Waals surface area contributed by atoms with Gasteiger partial charge in [0.15, 0.2) is 0 Å². The van der Waals surface area contributed by atoms with Gasteiger partial charge in [-0.1, -0.05) is 101 Å². The Labute approximate surface area is 279 Å². The summed E-state index contributed by atoms with van der Waals surface area (Å²) in [4.78, 5) is 29.8. The molecule has 4 rings (SSSR count). The SMILES string of the molecule is CCCCNC(=O)[C@H](Cc1ccccc1)N(Cc1cccc(Br)c1)C(=O)CN(c1ccc(C)cc1)S(=O)(=O)c1ccc(Cl)cc1. The van der Waals surface area contributed by atoms with Crippen LogP contribution in [0.2, 0.25) is 5.02 Å². The second kappa shape index (κ2) is 16.1. The number of benzene rings is 4. The van der Waals surface area contributed by atoms with Crippen LogP contribution in [0.25, 0.3) is 0 Å². The van der Waals surface area contributed by atoms with Crippen molar-refractivity contribution in [2.24, 2.45) is 0 Å². The van der Waals surface area contributed by atoms with E-state index < -0.39 is 28.5 Å². The minimum atomic E-state index is -4.20. The average molecular weight is 711 g/mol. The van der Waals surface area contributed by atoms with Crippen LogP contribution in [0, 0.1) is 6.92 Å². The van der Waals surface area contributed by atoms with Crippen LogP contribution < -0.4 is 9.62 Å². The van der Waals surface area contributed by atoms with E-state index in [0.29, 0.717) is 17.3 Å². The maximum atomic E-state index is 14.5. The first-order chi connectivity index (χ1) is 21.6. The molecule has 0 radical (unpaired) electrons. The fourth-order valence-electron chi connectivity index (χ4n) is 4.87. The van der Waals surface area contributed by atoms with Gasteiger partial charge in [-0.25, -0.2) is 8.42 Å². The predicted molar refractivity (Wildman–Crippen MR) is 184 cm³/mol. The molecule has 1 atom stereocenters. The van der Waals surface area contributed by atoms with Crippen LogP contribution in [0.5, 0.6) is 0 Å². The molecule has 7 nitrogen and oxygen atoms in total. The molecule has 45 heavy (non-hydrogen) atoms. The Morgan fingerprint density at radius 2 is 1.56 bits per heavy atom. The summed E-state index contributed by atoms with van der Waals surface area (Å²) in [6.45, 7) is 3.99. The molecule has 0 aliphatic rings. The quantitative estimate of drug-likeness (QED) is 0.141. The second-order valence-corrected chi connectivity index (χ2v) is 14.0. The average Bonchev–Trinajstić information content (AvgIpc) is 3.02. The molecule has 4 aromatic carbocycles. The maximum absolute atomic E-state index is 14.5. The third-order valence-corrected chi connectivity index (χ3v) is 9.88. The van der Waals surface area contributed by atoms with Crippen molar-refractivity contribution in [2.75, 3.05) is 17.4 Å². The molecule has 0 bridgehead atoms. The van der Waals surface area contributed by atoms with Crippen molar-refractivity contribution in [1.29, 1.82) is 0 Å². The lowest BCUT2D eigenvalue weighted by Gasteiger charge is -2.34. The normalized spacial score (nSPS) is 11.9. The molecule has 0 saturated carbocycles. The molecule has 0 aromatic heterocycles. The first-order valence-corrected chi connectivity index (χ1v) is 17.4. The Balaban J connectivity index is 1.78. The van der Waals surface area contributed by atoms with E-state index >= 15 is 0 Å². The van der Waals surface area contributed by atoms with E-state index in [1.807, 2.05) is 68.4 Å². The molecule has 0 spiro atoms. The number of anilines is 1. The fraction of sp³-hybridized carbons (Fsp3) is 0.257. The molecular weight excluding hydrogens is 674 g/mol. The number of nitrogens with one attached hydrogen (secondary N) is 1. The first kappa shape index (κ1) is 34.2. The Hall–Kier alpha value is -3.66. The first-order valence-electron chi connectivity index (χ1n) is 14.8. The van der Waals surface area contributed by atoms with Crippen molar-refractivity contribution in [3.05, 3.63) is 129 Å².